The van der Waals surface area contributed by atoms with Gasteiger partial charge in [-0.25, -0.2) is 4.98 Å². The van der Waals surface area contributed by atoms with E-state index in [1.807, 2.05) is 0 Å². The standard InChI is InChI=1S/C11H16ClN3O/c1-8-9(5-6-10(12)14-8)15-11(16)4-2-3-7-13/h5-6H,2-4,7,13H2,1H3,(H,15,16). The quantitative estimate of drug-likeness (QED) is 0.613. The molecule has 88 valence electrons. The molecule has 0 bridgehead atoms. The van der Waals surface area contributed by atoms with E-state index in [2.05, 4.69) is 10.3 Å². The zero-order valence-electron chi connectivity index (χ0n) is 9.29. The molecule has 0 radical (unpaired) electrons. The van der Waals surface area contributed by atoms with Crippen molar-refractivity contribution in [3.63, 3.8) is 0 Å². The highest BCUT2D eigenvalue weighted by Crippen LogP contribution is 2.16. The summed E-state index contributed by atoms with van der Waals surface area (Å²) < 4.78 is 0. The largest absolute Gasteiger partial charge is 0.330 e. The van der Waals surface area contributed by atoms with Crippen LogP contribution in [-0.2, 0) is 4.79 Å². The number of hydrogen-bond donors (Lipinski definition) is 2. The Morgan fingerprint density at radius 3 is 2.88 bits per heavy atom. The predicted octanol–water partition coefficient (Wildman–Crippen LogP) is 2.11. The van der Waals surface area contributed by atoms with Crippen molar-refractivity contribution in [1.82, 2.24) is 4.98 Å². The second kappa shape index (κ2) is 6.45. The lowest BCUT2D eigenvalue weighted by Crippen LogP contribution is -2.13. The number of carbonyl (C=O) groups is 1. The van der Waals surface area contributed by atoms with E-state index in [0.29, 0.717) is 23.8 Å². The molecule has 4 nitrogen and oxygen atoms in total. The Labute approximate surface area is 100 Å². The van der Waals surface area contributed by atoms with Crippen molar-refractivity contribution in [2.45, 2.75) is 26.2 Å². The maximum absolute atomic E-state index is 11.5. The van der Waals surface area contributed by atoms with Gasteiger partial charge in [-0.2, -0.15) is 0 Å². The number of pyridine rings is 1. The number of aryl methyl sites for hydroxylation is 1. The molecule has 0 aliphatic carbocycles. The number of amides is 1. The highest BCUT2D eigenvalue weighted by molar-refractivity contribution is 6.29. The number of nitrogens with two attached hydrogens (primary N) is 1. The molecular weight excluding hydrogens is 226 g/mol. The fraction of sp³-hybridized carbons (Fsp3) is 0.455. The van der Waals surface area contributed by atoms with Gasteiger partial charge in [-0.15, -0.1) is 0 Å². The number of anilines is 1. The van der Waals surface area contributed by atoms with Crippen molar-refractivity contribution >= 4 is 23.2 Å². The summed E-state index contributed by atoms with van der Waals surface area (Å²) in [6.07, 6.45) is 2.16. The van der Waals surface area contributed by atoms with Crippen LogP contribution >= 0.6 is 11.6 Å². The summed E-state index contributed by atoms with van der Waals surface area (Å²) in [7, 11) is 0. The Morgan fingerprint density at radius 2 is 2.25 bits per heavy atom. The molecule has 0 saturated carbocycles. The second-order valence-electron chi connectivity index (χ2n) is 3.56. The van der Waals surface area contributed by atoms with Gasteiger partial charge < -0.3 is 11.1 Å². The van der Waals surface area contributed by atoms with Crippen molar-refractivity contribution in [1.29, 1.82) is 0 Å². The summed E-state index contributed by atoms with van der Waals surface area (Å²) in [4.78, 5) is 15.6. The monoisotopic (exact) mass is 241 g/mol. The van der Waals surface area contributed by atoms with Gasteiger partial charge in [-0.3, -0.25) is 4.79 Å². The number of carbonyl (C=O) groups excluding carboxylic acids is 1. The summed E-state index contributed by atoms with van der Waals surface area (Å²) in [6.45, 7) is 2.43. The van der Waals surface area contributed by atoms with Crippen LogP contribution in [0.2, 0.25) is 5.15 Å². The zero-order chi connectivity index (χ0) is 12.0. The smallest absolute Gasteiger partial charge is 0.224 e. The molecule has 16 heavy (non-hydrogen) atoms. The molecule has 0 saturated heterocycles. The first-order valence-corrected chi connectivity index (χ1v) is 5.64. The summed E-state index contributed by atoms with van der Waals surface area (Å²) in [6, 6.07) is 3.41. The Balaban J connectivity index is 2.49. The third-order valence-corrected chi connectivity index (χ3v) is 2.39. The van der Waals surface area contributed by atoms with Crippen molar-refractivity contribution in [2.75, 3.05) is 11.9 Å². The third kappa shape index (κ3) is 4.16. The molecule has 0 unspecified atom stereocenters. The number of rotatable bonds is 5. The van der Waals surface area contributed by atoms with Gasteiger partial charge >= 0.3 is 0 Å². The van der Waals surface area contributed by atoms with Gasteiger partial charge in [0.25, 0.3) is 0 Å². The van der Waals surface area contributed by atoms with Crippen LogP contribution in [0.4, 0.5) is 5.69 Å². The minimum absolute atomic E-state index is 0.0133. The first kappa shape index (κ1) is 12.9. The second-order valence-corrected chi connectivity index (χ2v) is 3.95. The average molecular weight is 242 g/mol. The molecule has 0 aliphatic heterocycles. The molecule has 0 fully saturated rings. The molecule has 1 amide bonds. The van der Waals surface area contributed by atoms with E-state index in [1.165, 1.54) is 0 Å². The lowest BCUT2D eigenvalue weighted by Gasteiger charge is -2.07. The van der Waals surface area contributed by atoms with Gasteiger partial charge in [-0.05, 0) is 38.4 Å². The van der Waals surface area contributed by atoms with Crippen LogP contribution in [0, 0.1) is 6.92 Å². The van der Waals surface area contributed by atoms with Gasteiger partial charge in [0.05, 0.1) is 11.4 Å². The number of halogens is 1. The molecule has 0 aromatic carbocycles. The lowest BCUT2D eigenvalue weighted by atomic mass is 10.2. The molecule has 1 aromatic heterocycles. The molecule has 3 N–H and O–H groups in total. The summed E-state index contributed by atoms with van der Waals surface area (Å²) in [5.74, 6) is -0.0133. The van der Waals surface area contributed by atoms with E-state index >= 15 is 0 Å². The van der Waals surface area contributed by atoms with E-state index in [1.54, 1.807) is 19.1 Å². The number of hydrogen-bond acceptors (Lipinski definition) is 3. The van der Waals surface area contributed by atoms with Gasteiger partial charge in [0.2, 0.25) is 5.91 Å². The molecule has 0 spiro atoms. The first-order valence-electron chi connectivity index (χ1n) is 5.26. The Kier molecular flexibility index (Phi) is 5.22. The SMILES string of the molecule is Cc1nc(Cl)ccc1NC(=O)CCCCN. The zero-order valence-corrected chi connectivity index (χ0v) is 10.0. The van der Waals surface area contributed by atoms with E-state index in [-0.39, 0.29) is 5.91 Å². The fourth-order valence-corrected chi connectivity index (χ4v) is 1.49. The lowest BCUT2D eigenvalue weighted by molar-refractivity contribution is -0.116. The van der Waals surface area contributed by atoms with Crippen molar-refractivity contribution in [2.24, 2.45) is 5.73 Å². The minimum Gasteiger partial charge on any atom is -0.330 e. The van der Waals surface area contributed by atoms with E-state index in [9.17, 15) is 4.79 Å². The molecular formula is C11H16ClN3O. The van der Waals surface area contributed by atoms with Crippen LogP contribution < -0.4 is 11.1 Å². The molecule has 0 atom stereocenters. The van der Waals surface area contributed by atoms with Crippen LogP contribution in [-0.4, -0.2) is 17.4 Å². The third-order valence-electron chi connectivity index (χ3n) is 2.18. The number of aromatic nitrogens is 1. The molecule has 0 aliphatic rings. The maximum atomic E-state index is 11.5. The van der Waals surface area contributed by atoms with Crippen LogP contribution in [0.25, 0.3) is 0 Å². The summed E-state index contributed by atoms with van der Waals surface area (Å²) in [5.41, 5.74) is 6.78. The van der Waals surface area contributed by atoms with E-state index in [4.69, 9.17) is 17.3 Å². The Bertz CT molecular complexity index is 368. The Morgan fingerprint density at radius 1 is 1.50 bits per heavy atom. The van der Waals surface area contributed by atoms with E-state index < -0.39 is 0 Å². The van der Waals surface area contributed by atoms with Gasteiger partial charge in [0.15, 0.2) is 0 Å². The van der Waals surface area contributed by atoms with Crippen LogP contribution in [0.15, 0.2) is 12.1 Å². The fourth-order valence-electron chi connectivity index (χ4n) is 1.31. The van der Waals surface area contributed by atoms with Crippen LogP contribution in [0.5, 0.6) is 0 Å². The topological polar surface area (TPSA) is 68.0 Å². The highest BCUT2D eigenvalue weighted by Gasteiger charge is 2.05. The predicted molar refractivity (Wildman–Crippen MR) is 65.5 cm³/mol. The average Bonchev–Trinajstić information content (AvgIpc) is 2.23. The molecule has 5 heteroatoms. The number of unbranched alkanes of at least 4 members (excludes halogenated alkanes) is 1. The van der Waals surface area contributed by atoms with Crippen molar-refractivity contribution in [3.05, 3.63) is 23.0 Å². The summed E-state index contributed by atoms with van der Waals surface area (Å²) >= 11 is 5.72. The van der Waals surface area contributed by atoms with Gasteiger partial charge in [0.1, 0.15) is 5.15 Å². The molecule has 1 rings (SSSR count). The maximum Gasteiger partial charge on any atom is 0.224 e. The molecule has 1 heterocycles. The number of nitrogens with one attached hydrogen (secondary N) is 1. The van der Waals surface area contributed by atoms with E-state index in [0.717, 1.165) is 18.5 Å². The van der Waals surface area contributed by atoms with Gasteiger partial charge in [-0.1, -0.05) is 11.6 Å². The Hall–Kier alpha value is -1.13. The molecule has 1 aromatic rings. The first-order chi connectivity index (χ1) is 7.63. The van der Waals surface area contributed by atoms with Gasteiger partial charge in [0, 0.05) is 6.42 Å². The minimum atomic E-state index is -0.0133. The van der Waals surface area contributed by atoms with Crippen molar-refractivity contribution in [3.8, 4) is 0 Å². The van der Waals surface area contributed by atoms with Crippen LogP contribution in [0.3, 0.4) is 0 Å². The summed E-state index contributed by atoms with van der Waals surface area (Å²) in [5, 5.41) is 3.22. The van der Waals surface area contributed by atoms with Crippen LogP contribution in [0.1, 0.15) is 25.0 Å². The number of nitrogens with zero attached hydrogens (tertiary/aromatic N) is 1. The normalized spacial score (nSPS) is 10.2. The van der Waals surface area contributed by atoms with Crippen molar-refractivity contribution < 1.29 is 4.79 Å². The highest BCUT2D eigenvalue weighted by atomic mass is 35.5.